The summed E-state index contributed by atoms with van der Waals surface area (Å²) in [7, 11) is 0. The Balaban J connectivity index is 2.07. The molecule has 0 aromatic heterocycles. The molecule has 0 saturated carbocycles. The molecule has 1 fully saturated rings. The summed E-state index contributed by atoms with van der Waals surface area (Å²) in [4.78, 5) is 38.3. The summed E-state index contributed by atoms with van der Waals surface area (Å²) in [5, 5.41) is 38.4. The van der Waals surface area contributed by atoms with Gasteiger partial charge in [0.1, 0.15) is 0 Å². The fourth-order valence-corrected chi connectivity index (χ4v) is 2.44. The predicted octanol–water partition coefficient (Wildman–Crippen LogP) is 1.84. The number of carbonyl (C=O) groups is 1. The number of nitrogens with zero attached hydrogens (tertiary/aromatic N) is 6. The Labute approximate surface area is 158 Å². The number of carbonyl (C=O) groups excluding carboxylic acids is 1. The highest BCUT2D eigenvalue weighted by Gasteiger charge is 2.25. The summed E-state index contributed by atoms with van der Waals surface area (Å²) < 4.78 is 4.92. The van der Waals surface area contributed by atoms with Gasteiger partial charge < -0.3 is 14.8 Å². The fourth-order valence-electron chi connectivity index (χ4n) is 2.44. The van der Waals surface area contributed by atoms with E-state index >= 15 is 0 Å². The molecule has 14 heteroatoms. The predicted molar refractivity (Wildman–Crippen MR) is 91.2 cm³/mol. The summed E-state index contributed by atoms with van der Waals surface area (Å²) in [6, 6.07) is 2.69. The molecule has 14 nitrogen and oxygen atoms in total. The summed E-state index contributed by atoms with van der Waals surface area (Å²) in [6.07, 6.45) is 0.00147. The number of rotatable bonds is 6. The van der Waals surface area contributed by atoms with Crippen molar-refractivity contribution in [3.63, 3.8) is 0 Å². The van der Waals surface area contributed by atoms with Crippen molar-refractivity contribution in [1.82, 2.24) is 9.91 Å². The van der Waals surface area contributed by atoms with Crippen molar-refractivity contribution in [3.05, 3.63) is 43.6 Å². The first kappa shape index (κ1) is 20.6. The number of amides is 1. The van der Waals surface area contributed by atoms with E-state index in [1.807, 2.05) is 0 Å². The van der Waals surface area contributed by atoms with Gasteiger partial charge in [-0.2, -0.15) is 0 Å². The average molecular weight is 398 g/mol. The van der Waals surface area contributed by atoms with E-state index in [4.69, 9.17) is 9.57 Å². The molecule has 0 N–H and O–H groups in total. The van der Waals surface area contributed by atoms with Crippen LogP contribution in [0.5, 0.6) is 5.75 Å². The number of ether oxygens (including phenoxy) is 1. The van der Waals surface area contributed by atoms with Crippen molar-refractivity contribution in [1.29, 1.82) is 0 Å². The number of non-ortho nitro benzene ring substituents is 1. The minimum atomic E-state index is -0.879. The average Bonchev–Trinajstić information content (AvgIpc) is 2.92. The highest BCUT2D eigenvalue weighted by molar-refractivity contribution is 5.67. The van der Waals surface area contributed by atoms with Gasteiger partial charge in [-0.25, -0.2) is 4.79 Å². The number of nitro groups is 2. The summed E-state index contributed by atoms with van der Waals surface area (Å²) in [5.41, 5.74) is -1.19. The Bertz CT molecular complexity index is 785. The van der Waals surface area contributed by atoms with E-state index in [2.05, 4.69) is 5.28 Å². The smallest absolute Gasteiger partial charge is 0.409 e. The van der Waals surface area contributed by atoms with Crippen LogP contribution in [0, 0.1) is 25.4 Å². The van der Waals surface area contributed by atoms with Gasteiger partial charge in [-0.05, 0) is 19.4 Å². The molecule has 0 atom stereocenters. The summed E-state index contributed by atoms with van der Waals surface area (Å²) >= 11 is 0. The molecule has 152 valence electrons. The molecule has 2 rings (SSSR count). The second-order valence-electron chi connectivity index (χ2n) is 5.59. The molecule has 0 spiro atoms. The third kappa shape index (κ3) is 5.15. The molecule has 1 aromatic carbocycles. The lowest BCUT2D eigenvalue weighted by atomic mass is 10.2. The van der Waals surface area contributed by atoms with Crippen LogP contribution in [0.2, 0.25) is 0 Å². The van der Waals surface area contributed by atoms with E-state index < -0.39 is 33.1 Å². The Morgan fingerprint density at radius 2 is 1.89 bits per heavy atom. The summed E-state index contributed by atoms with van der Waals surface area (Å²) in [6.45, 7) is 2.98. The quantitative estimate of drug-likeness (QED) is 0.300. The maximum Gasteiger partial charge on any atom is 0.409 e. The van der Waals surface area contributed by atoms with Gasteiger partial charge in [0.15, 0.2) is 0 Å². The standard InChI is InChI=1S/C14H18N6O8/c1-2-27-14(21)16-6-3-7-17(9-8-16)20(26)15-28-13-5-4-11(18(22)23)10-12(13)19(24)25/h4-5,10H,2-3,6-9H2,1H3/b20-15-. The Morgan fingerprint density at radius 3 is 2.54 bits per heavy atom. The molecule has 1 heterocycles. The van der Waals surface area contributed by atoms with Crippen molar-refractivity contribution in [2.75, 3.05) is 32.8 Å². The zero-order valence-electron chi connectivity index (χ0n) is 14.9. The van der Waals surface area contributed by atoms with Crippen LogP contribution in [0.4, 0.5) is 16.2 Å². The molecule has 1 saturated heterocycles. The molecule has 1 aromatic rings. The Kier molecular flexibility index (Phi) is 6.84. The topological polar surface area (TPSA) is 167 Å². The Morgan fingerprint density at radius 1 is 1.14 bits per heavy atom. The number of hydrogen-bond donors (Lipinski definition) is 0. The molecule has 0 bridgehead atoms. The third-order valence-electron chi connectivity index (χ3n) is 3.80. The second-order valence-corrected chi connectivity index (χ2v) is 5.59. The van der Waals surface area contributed by atoms with Gasteiger partial charge >= 0.3 is 11.8 Å². The highest BCUT2D eigenvalue weighted by atomic mass is 16.7. The fraction of sp³-hybridized carbons (Fsp3) is 0.500. The van der Waals surface area contributed by atoms with E-state index in [1.165, 1.54) is 9.91 Å². The van der Waals surface area contributed by atoms with E-state index in [9.17, 15) is 30.2 Å². The van der Waals surface area contributed by atoms with Crippen LogP contribution in [0.3, 0.4) is 0 Å². The van der Waals surface area contributed by atoms with Crippen LogP contribution in [-0.4, -0.2) is 63.6 Å². The minimum absolute atomic E-state index is 0.125. The van der Waals surface area contributed by atoms with Crippen LogP contribution in [0.25, 0.3) is 0 Å². The molecular formula is C14H18N6O8. The van der Waals surface area contributed by atoms with Crippen molar-refractivity contribution in [2.24, 2.45) is 5.28 Å². The van der Waals surface area contributed by atoms with Crippen LogP contribution >= 0.6 is 0 Å². The first-order valence-electron chi connectivity index (χ1n) is 8.28. The van der Waals surface area contributed by atoms with Crippen LogP contribution in [-0.2, 0) is 4.74 Å². The monoisotopic (exact) mass is 398 g/mol. The van der Waals surface area contributed by atoms with Crippen molar-refractivity contribution in [3.8, 4) is 5.75 Å². The van der Waals surface area contributed by atoms with Gasteiger partial charge in [0.25, 0.3) is 5.69 Å². The molecule has 1 aliphatic rings. The third-order valence-corrected chi connectivity index (χ3v) is 3.80. The highest BCUT2D eigenvalue weighted by Crippen LogP contribution is 2.31. The number of benzene rings is 1. The number of hydrogen-bond acceptors (Lipinski definition) is 9. The van der Waals surface area contributed by atoms with Gasteiger partial charge in [0.05, 0.1) is 40.6 Å². The van der Waals surface area contributed by atoms with Gasteiger partial charge in [-0.3, -0.25) is 25.1 Å². The van der Waals surface area contributed by atoms with E-state index in [1.54, 1.807) is 6.92 Å². The molecule has 28 heavy (non-hydrogen) atoms. The largest absolute Gasteiger partial charge is 0.569 e. The van der Waals surface area contributed by atoms with Crippen molar-refractivity contribution < 1.29 is 29.2 Å². The first-order chi connectivity index (χ1) is 13.3. The molecule has 0 aliphatic carbocycles. The van der Waals surface area contributed by atoms with E-state index in [0.29, 0.717) is 19.0 Å². The normalized spacial score (nSPS) is 15.0. The van der Waals surface area contributed by atoms with Crippen LogP contribution < -0.4 is 4.84 Å². The molecular weight excluding hydrogens is 380 g/mol. The van der Waals surface area contributed by atoms with Gasteiger partial charge in [0.2, 0.25) is 11.0 Å². The zero-order valence-corrected chi connectivity index (χ0v) is 14.9. The number of nitro benzene ring substituents is 2. The minimum Gasteiger partial charge on any atom is -0.569 e. The van der Waals surface area contributed by atoms with Gasteiger partial charge in [-0.1, -0.05) is 0 Å². The lowest BCUT2D eigenvalue weighted by Gasteiger charge is -2.19. The lowest BCUT2D eigenvalue weighted by molar-refractivity contribution is -0.706. The molecule has 1 amide bonds. The van der Waals surface area contributed by atoms with Crippen LogP contribution in [0.15, 0.2) is 23.5 Å². The zero-order chi connectivity index (χ0) is 20.7. The summed E-state index contributed by atoms with van der Waals surface area (Å²) in [5.74, 6) is -0.417. The van der Waals surface area contributed by atoms with Crippen molar-refractivity contribution in [2.45, 2.75) is 13.3 Å². The van der Waals surface area contributed by atoms with E-state index in [-0.39, 0.29) is 31.2 Å². The van der Waals surface area contributed by atoms with Crippen LogP contribution in [0.1, 0.15) is 13.3 Å². The van der Waals surface area contributed by atoms with Gasteiger partial charge in [0, 0.05) is 19.2 Å². The molecule has 1 aliphatic heterocycles. The molecule has 0 unspecified atom stereocenters. The molecule has 0 radical (unpaired) electrons. The second kappa shape index (κ2) is 9.29. The lowest BCUT2D eigenvalue weighted by Crippen LogP contribution is -2.37. The first-order valence-corrected chi connectivity index (χ1v) is 8.28. The van der Waals surface area contributed by atoms with Crippen molar-refractivity contribution >= 4 is 17.5 Å². The van der Waals surface area contributed by atoms with Gasteiger partial charge in [-0.15, -0.1) is 5.01 Å². The SMILES string of the molecule is CCOC(=O)N1CCCN(/[N+]([O-])=N/Oc2ccc([N+](=O)[O-])cc2[N+](=O)[O-])CC1. The Hall–Kier alpha value is -3.71. The maximum absolute atomic E-state index is 12.1. The van der Waals surface area contributed by atoms with E-state index in [0.717, 1.165) is 12.1 Å². The maximum atomic E-state index is 12.1. The number of hydrazine groups is 1.